The maximum Gasteiger partial charge on any atom is 0.130 e. The highest BCUT2D eigenvalue weighted by Gasteiger charge is 2.08. The normalized spacial score (nSPS) is 10.6. The van der Waals surface area contributed by atoms with Gasteiger partial charge in [0.1, 0.15) is 16.7 Å². The minimum absolute atomic E-state index is 0.471. The lowest BCUT2D eigenvalue weighted by atomic mass is 10.0. The number of methoxy groups -OCH3 is 2. The van der Waals surface area contributed by atoms with Crippen LogP contribution in [0.1, 0.15) is 0 Å². The van der Waals surface area contributed by atoms with Crippen LogP contribution in [0, 0.1) is 0 Å². The Bertz CT molecular complexity index is 785. The molecule has 1 aromatic heterocycles. The number of rotatable bonds is 3. The van der Waals surface area contributed by atoms with Crippen molar-refractivity contribution in [3.63, 3.8) is 0 Å². The lowest BCUT2D eigenvalue weighted by Crippen LogP contribution is -1.89. The van der Waals surface area contributed by atoms with Gasteiger partial charge in [-0.25, -0.2) is 4.98 Å². The summed E-state index contributed by atoms with van der Waals surface area (Å²) in [6, 6.07) is 15.5. The van der Waals surface area contributed by atoms with Gasteiger partial charge in [0.05, 0.1) is 19.7 Å². The number of nitrogens with zero attached hydrogens (tertiary/aromatic N) is 1. The fourth-order valence-corrected chi connectivity index (χ4v) is 2.51. The number of fused-ring (bicyclic) bond motifs is 1. The molecule has 0 saturated carbocycles. The predicted molar refractivity (Wildman–Crippen MR) is 85.3 cm³/mol. The number of halogens is 1. The van der Waals surface area contributed by atoms with E-state index in [9.17, 15) is 0 Å². The second kappa shape index (κ2) is 5.62. The van der Waals surface area contributed by atoms with Crippen molar-refractivity contribution < 1.29 is 9.47 Å². The average Bonchev–Trinajstić information content (AvgIpc) is 2.53. The van der Waals surface area contributed by atoms with Crippen LogP contribution in [0.2, 0.25) is 5.15 Å². The number of benzene rings is 2. The number of pyridine rings is 1. The molecule has 0 amide bonds. The Kier molecular flexibility index (Phi) is 3.67. The number of aromatic nitrogens is 1. The molecule has 21 heavy (non-hydrogen) atoms. The highest BCUT2D eigenvalue weighted by Crippen LogP contribution is 2.33. The molecule has 0 unspecified atom stereocenters. The first-order chi connectivity index (χ1) is 10.2. The van der Waals surface area contributed by atoms with Crippen molar-refractivity contribution in [2.45, 2.75) is 0 Å². The summed E-state index contributed by atoms with van der Waals surface area (Å²) in [6.45, 7) is 0. The smallest absolute Gasteiger partial charge is 0.130 e. The fraction of sp³-hybridized carbons (Fsp3) is 0.118. The van der Waals surface area contributed by atoms with E-state index < -0.39 is 0 Å². The molecule has 3 nitrogen and oxygen atoms in total. The summed E-state index contributed by atoms with van der Waals surface area (Å²) in [5.74, 6) is 1.61. The molecule has 0 atom stereocenters. The van der Waals surface area contributed by atoms with Gasteiger partial charge in [0.25, 0.3) is 0 Å². The van der Waals surface area contributed by atoms with Crippen LogP contribution in [0.15, 0.2) is 48.5 Å². The minimum Gasteiger partial charge on any atom is -0.497 e. The third kappa shape index (κ3) is 2.65. The van der Waals surface area contributed by atoms with E-state index in [-0.39, 0.29) is 0 Å². The summed E-state index contributed by atoms with van der Waals surface area (Å²) in [5.41, 5.74) is 2.92. The first-order valence-corrected chi connectivity index (χ1v) is 6.88. The van der Waals surface area contributed by atoms with E-state index in [0.717, 1.165) is 33.5 Å². The first kappa shape index (κ1) is 13.7. The van der Waals surface area contributed by atoms with E-state index in [4.69, 9.17) is 21.1 Å². The van der Waals surface area contributed by atoms with Crippen LogP contribution in [0.5, 0.6) is 11.5 Å². The third-order valence-corrected chi connectivity index (χ3v) is 3.58. The molecular weight excluding hydrogens is 286 g/mol. The molecule has 0 aliphatic heterocycles. The highest BCUT2D eigenvalue weighted by molar-refractivity contribution is 6.30. The van der Waals surface area contributed by atoms with Gasteiger partial charge in [-0.2, -0.15) is 0 Å². The second-order valence-electron chi connectivity index (χ2n) is 4.60. The summed E-state index contributed by atoms with van der Waals surface area (Å²) >= 11 is 6.14. The molecule has 0 spiro atoms. The number of ether oxygens (including phenoxy) is 2. The van der Waals surface area contributed by atoms with Gasteiger partial charge in [-0.15, -0.1) is 0 Å². The van der Waals surface area contributed by atoms with Crippen molar-refractivity contribution in [2.75, 3.05) is 14.2 Å². The van der Waals surface area contributed by atoms with Crippen molar-refractivity contribution in [3.8, 4) is 22.6 Å². The molecule has 1 heterocycles. The Morgan fingerprint density at radius 2 is 1.52 bits per heavy atom. The standard InChI is InChI=1S/C17H14ClNO2/c1-20-12-5-3-11(4-6-12)14-10-17(18)19-16-8-7-13(21-2)9-15(14)16/h3-10H,1-2H3. The molecule has 0 N–H and O–H groups in total. The van der Waals surface area contributed by atoms with Gasteiger partial charge < -0.3 is 9.47 Å². The Morgan fingerprint density at radius 3 is 2.19 bits per heavy atom. The molecule has 106 valence electrons. The Hall–Kier alpha value is -2.26. The van der Waals surface area contributed by atoms with Gasteiger partial charge in [-0.3, -0.25) is 0 Å². The van der Waals surface area contributed by atoms with E-state index in [1.165, 1.54) is 0 Å². The van der Waals surface area contributed by atoms with Crippen LogP contribution < -0.4 is 9.47 Å². The maximum atomic E-state index is 6.14. The Morgan fingerprint density at radius 1 is 0.857 bits per heavy atom. The molecule has 0 fully saturated rings. The molecule has 0 saturated heterocycles. The van der Waals surface area contributed by atoms with Gasteiger partial charge >= 0.3 is 0 Å². The van der Waals surface area contributed by atoms with Crippen molar-refractivity contribution in [2.24, 2.45) is 0 Å². The summed E-state index contributed by atoms with van der Waals surface area (Å²) in [7, 11) is 3.30. The highest BCUT2D eigenvalue weighted by atomic mass is 35.5. The maximum absolute atomic E-state index is 6.14. The molecule has 2 aromatic carbocycles. The lowest BCUT2D eigenvalue weighted by Gasteiger charge is -2.10. The monoisotopic (exact) mass is 299 g/mol. The molecule has 0 bridgehead atoms. The van der Waals surface area contributed by atoms with E-state index in [1.54, 1.807) is 14.2 Å². The average molecular weight is 300 g/mol. The van der Waals surface area contributed by atoms with Crippen molar-refractivity contribution in [3.05, 3.63) is 53.7 Å². The quantitative estimate of drug-likeness (QED) is 0.664. The van der Waals surface area contributed by atoms with Crippen LogP contribution in [0.3, 0.4) is 0 Å². The fourth-order valence-electron chi connectivity index (χ4n) is 2.31. The van der Waals surface area contributed by atoms with E-state index in [2.05, 4.69) is 4.98 Å². The van der Waals surface area contributed by atoms with Crippen LogP contribution >= 0.6 is 11.6 Å². The second-order valence-corrected chi connectivity index (χ2v) is 4.99. The third-order valence-electron chi connectivity index (χ3n) is 3.39. The van der Waals surface area contributed by atoms with Gasteiger partial charge in [0.15, 0.2) is 0 Å². The van der Waals surface area contributed by atoms with Gasteiger partial charge in [0, 0.05) is 5.39 Å². The van der Waals surface area contributed by atoms with Crippen molar-refractivity contribution in [1.82, 2.24) is 4.98 Å². The van der Waals surface area contributed by atoms with Gasteiger partial charge in [0.2, 0.25) is 0 Å². The molecule has 4 heteroatoms. The summed E-state index contributed by atoms with van der Waals surface area (Å²) < 4.78 is 10.5. The van der Waals surface area contributed by atoms with E-state index in [0.29, 0.717) is 5.15 Å². The molecule has 0 aliphatic rings. The van der Waals surface area contributed by atoms with Crippen LogP contribution in [0.25, 0.3) is 22.0 Å². The predicted octanol–water partition coefficient (Wildman–Crippen LogP) is 4.57. The molecule has 0 radical (unpaired) electrons. The molecule has 3 rings (SSSR count). The topological polar surface area (TPSA) is 31.4 Å². The van der Waals surface area contributed by atoms with Crippen LogP contribution in [0.4, 0.5) is 0 Å². The van der Waals surface area contributed by atoms with Crippen LogP contribution in [-0.2, 0) is 0 Å². The Labute approximate surface area is 128 Å². The van der Waals surface area contributed by atoms with Crippen molar-refractivity contribution in [1.29, 1.82) is 0 Å². The van der Waals surface area contributed by atoms with E-state index >= 15 is 0 Å². The zero-order valence-electron chi connectivity index (χ0n) is 11.8. The summed E-state index contributed by atoms with van der Waals surface area (Å²) in [4.78, 5) is 4.36. The van der Waals surface area contributed by atoms with Crippen molar-refractivity contribution >= 4 is 22.5 Å². The minimum atomic E-state index is 0.471. The zero-order chi connectivity index (χ0) is 14.8. The molecule has 0 aliphatic carbocycles. The SMILES string of the molecule is COc1ccc(-c2cc(Cl)nc3ccc(OC)cc23)cc1. The largest absolute Gasteiger partial charge is 0.497 e. The zero-order valence-corrected chi connectivity index (χ0v) is 12.5. The molecular formula is C17H14ClNO2. The van der Waals surface area contributed by atoms with Crippen LogP contribution in [-0.4, -0.2) is 19.2 Å². The number of hydrogen-bond donors (Lipinski definition) is 0. The molecule has 3 aromatic rings. The van der Waals surface area contributed by atoms with E-state index in [1.807, 2.05) is 48.5 Å². The summed E-state index contributed by atoms with van der Waals surface area (Å²) in [5, 5.41) is 1.47. The first-order valence-electron chi connectivity index (χ1n) is 6.50. The van der Waals surface area contributed by atoms with Gasteiger partial charge in [-0.05, 0) is 47.5 Å². The van der Waals surface area contributed by atoms with Gasteiger partial charge in [-0.1, -0.05) is 23.7 Å². The lowest BCUT2D eigenvalue weighted by molar-refractivity contribution is 0.415. The number of hydrogen-bond acceptors (Lipinski definition) is 3. The Balaban J connectivity index is 2.23. The summed E-state index contributed by atoms with van der Waals surface area (Å²) in [6.07, 6.45) is 0.